The molecule has 0 radical (unpaired) electrons. The van der Waals surface area contributed by atoms with E-state index < -0.39 is 11.5 Å². The molecule has 0 fully saturated rings. The Hall–Kier alpha value is -3.00. The van der Waals surface area contributed by atoms with Crippen LogP contribution in [0, 0.1) is 0 Å². The highest BCUT2D eigenvalue weighted by Crippen LogP contribution is 2.22. The van der Waals surface area contributed by atoms with Gasteiger partial charge in [-0.25, -0.2) is 9.78 Å². The summed E-state index contributed by atoms with van der Waals surface area (Å²) in [5.41, 5.74) is 1.20. The maximum atomic E-state index is 12.9. The molecule has 1 aromatic carbocycles. The monoisotopic (exact) mass is 385 g/mol. The van der Waals surface area contributed by atoms with Crippen molar-refractivity contribution in [3.63, 3.8) is 0 Å². The van der Waals surface area contributed by atoms with Crippen LogP contribution in [0.1, 0.15) is 35.6 Å². The van der Waals surface area contributed by atoms with E-state index in [0.29, 0.717) is 22.8 Å². The summed E-state index contributed by atoms with van der Waals surface area (Å²) in [6, 6.07) is 7.47. The van der Waals surface area contributed by atoms with Gasteiger partial charge in [-0.15, -0.1) is 11.3 Å². The van der Waals surface area contributed by atoms with Crippen LogP contribution in [-0.4, -0.2) is 26.5 Å². The number of benzene rings is 1. The summed E-state index contributed by atoms with van der Waals surface area (Å²) in [5.74, 6) is -1.11. The van der Waals surface area contributed by atoms with Gasteiger partial charge in [0.2, 0.25) is 5.91 Å². The highest BCUT2D eigenvalue weighted by molar-refractivity contribution is 7.17. The SMILES string of the molecule is CCc1ccc(NC(=O)Cn2c(CC)nc3scc(C(=O)O)c3c2=O)cc1. The van der Waals surface area contributed by atoms with Gasteiger partial charge in [0.05, 0.1) is 10.9 Å². The van der Waals surface area contributed by atoms with E-state index >= 15 is 0 Å². The number of fused-ring (bicyclic) bond motifs is 1. The predicted octanol–water partition coefficient (Wildman–Crippen LogP) is 2.92. The fourth-order valence-electron chi connectivity index (χ4n) is 2.82. The molecule has 0 unspecified atom stereocenters. The van der Waals surface area contributed by atoms with Crippen LogP contribution in [0.3, 0.4) is 0 Å². The summed E-state index contributed by atoms with van der Waals surface area (Å²) < 4.78 is 1.25. The Morgan fingerprint density at radius 3 is 2.48 bits per heavy atom. The minimum atomic E-state index is -1.18. The minimum absolute atomic E-state index is 0.0461. The number of hydrogen-bond acceptors (Lipinski definition) is 5. The van der Waals surface area contributed by atoms with Gasteiger partial charge >= 0.3 is 5.97 Å². The molecule has 0 aliphatic carbocycles. The molecule has 2 aromatic heterocycles. The smallest absolute Gasteiger partial charge is 0.337 e. The lowest BCUT2D eigenvalue weighted by Crippen LogP contribution is -2.31. The number of hydrogen-bond donors (Lipinski definition) is 2. The lowest BCUT2D eigenvalue weighted by molar-refractivity contribution is -0.116. The van der Waals surface area contributed by atoms with E-state index in [-0.39, 0.29) is 23.4 Å². The van der Waals surface area contributed by atoms with Crippen LogP contribution >= 0.6 is 11.3 Å². The zero-order chi connectivity index (χ0) is 19.6. The molecule has 140 valence electrons. The van der Waals surface area contributed by atoms with Gasteiger partial charge in [0.1, 0.15) is 17.2 Å². The average molecular weight is 385 g/mol. The van der Waals surface area contributed by atoms with Crippen LogP contribution in [-0.2, 0) is 24.2 Å². The number of aryl methyl sites for hydroxylation is 2. The molecule has 2 N–H and O–H groups in total. The Morgan fingerprint density at radius 1 is 1.19 bits per heavy atom. The number of aromatic carboxylic acids is 1. The average Bonchev–Trinajstić information content (AvgIpc) is 3.09. The van der Waals surface area contributed by atoms with Gasteiger partial charge in [-0.2, -0.15) is 0 Å². The van der Waals surface area contributed by atoms with Crippen molar-refractivity contribution in [3.8, 4) is 0 Å². The molecule has 0 aliphatic rings. The van der Waals surface area contributed by atoms with Gasteiger partial charge in [-0.05, 0) is 24.1 Å². The maximum absolute atomic E-state index is 12.9. The number of rotatable bonds is 6. The number of aromatic nitrogens is 2. The number of carbonyl (C=O) groups excluding carboxylic acids is 1. The Morgan fingerprint density at radius 2 is 1.89 bits per heavy atom. The second-order valence-corrected chi connectivity index (χ2v) is 6.86. The van der Waals surface area contributed by atoms with Crippen molar-refractivity contribution in [1.82, 2.24) is 9.55 Å². The topological polar surface area (TPSA) is 101 Å². The molecule has 0 saturated carbocycles. The van der Waals surface area contributed by atoms with Crippen molar-refractivity contribution in [2.24, 2.45) is 0 Å². The Kier molecular flexibility index (Phi) is 5.36. The summed E-state index contributed by atoms with van der Waals surface area (Å²) >= 11 is 1.11. The normalized spacial score (nSPS) is 10.9. The molecule has 27 heavy (non-hydrogen) atoms. The predicted molar refractivity (Wildman–Crippen MR) is 105 cm³/mol. The third-order valence-electron chi connectivity index (χ3n) is 4.27. The summed E-state index contributed by atoms with van der Waals surface area (Å²) in [6.07, 6.45) is 1.35. The number of nitrogens with zero attached hydrogens (tertiary/aromatic N) is 2. The molecule has 0 aliphatic heterocycles. The van der Waals surface area contributed by atoms with Crippen molar-refractivity contribution < 1.29 is 14.7 Å². The molecule has 1 amide bonds. The Balaban J connectivity index is 1.93. The van der Waals surface area contributed by atoms with Crippen molar-refractivity contribution in [2.75, 3.05) is 5.32 Å². The second-order valence-electron chi connectivity index (χ2n) is 6.01. The van der Waals surface area contributed by atoms with Crippen molar-refractivity contribution in [2.45, 2.75) is 33.2 Å². The molecular weight excluding hydrogens is 366 g/mol. The number of nitrogens with one attached hydrogen (secondary N) is 1. The van der Waals surface area contributed by atoms with E-state index in [1.54, 1.807) is 0 Å². The lowest BCUT2D eigenvalue weighted by atomic mass is 10.1. The first kappa shape index (κ1) is 18.8. The zero-order valence-electron chi connectivity index (χ0n) is 15.0. The van der Waals surface area contributed by atoms with Crippen LogP contribution in [0.2, 0.25) is 0 Å². The van der Waals surface area contributed by atoms with Crippen LogP contribution in [0.4, 0.5) is 5.69 Å². The van der Waals surface area contributed by atoms with Gasteiger partial charge in [0.15, 0.2) is 0 Å². The zero-order valence-corrected chi connectivity index (χ0v) is 15.8. The number of anilines is 1. The van der Waals surface area contributed by atoms with Crippen molar-refractivity contribution >= 4 is 39.1 Å². The van der Waals surface area contributed by atoms with E-state index in [1.165, 1.54) is 9.95 Å². The lowest BCUT2D eigenvalue weighted by Gasteiger charge is -2.12. The van der Waals surface area contributed by atoms with Gasteiger partial charge < -0.3 is 10.4 Å². The minimum Gasteiger partial charge on any atom is -0.478 e. The fourth-order valence-corrected chi connectivity index (χ4v) is 3.75. The van der Waals surface area contributed by atoms with Gasteiger partial charge in [0, 0.05) is 17.5 Å². The molecule has 0 spiro atoms. The largest absolute Gasteiger partial charge is 0.478 e. The third kappa shape index (κ3) is 3.75. The highest BCUT2D eigenvalue weighted by atomic mass is 32.1. The first-order valence-corrected chi connectivity index (χ1v) is 9.45. The number of carbonyl (C=O) groups is 2. The summed E-state index contributed by atoms with van der Waals surface area (Å²) in [5, 5.41) is 13.5. The number of thiophene rings is 1. The van der Waals surface area contributed by atoms with Crippen molar-refractivity contribution in [3.05, 3.63) is 57.0 Å². The summed E-state index contributed by atoms with van der Waals surface area (Å²) in [4.78, 5) is 41.4. The molecule has 2 heterocycles. The second kappa shape index (κ2) is 7.71. The van der Waals surface area contributed by atoms with E-state index in [1.807, 2.05) is 38.1 Å². The molecule has 3 rings (SSSR count). The van der Waals surface area contributed by atoms with Crippen LogP contribution in [0.5, 0.6) is 0 Å². The molecule has 3 aromatic rings. The van der Waals surface area contributed by atoms with Crippen LogP contribution < -0.4 is 10.9 Å². The van der Waals surface area contributed by atoms with E-state index in [4.69, 9.17) is 0 Å². The maximum Gasteiger partial charge on any atom is 0.337 e. The first-order valence-electron chi connectivity index (χ1n) is 8.57. The highest BCUT2D eigenvalue weighted by Gasteiger charge is 2.20. The van der Waals surface area contributed by atoms with Crippen molar-refractivity contribution in [1.29, 1.82) is 0 Å². The Bertz CT molecular complexity index is 1070. The number of carboxylic acids is 1. The molecule has 7 nitrogen and oxygen atoms in total. The van der Waals surface area contributed by atoms with Gasteiger partial charge in [-0.1, -0.05) is 26.0 Å². The van der Waals surface area contributed by atoms with E-state index in [9.17, 15) is 19.5 Å². The standard InChI is InChI=1S/C19H19N3O4S/c1-3-11-5-7-12(8-6-11)20-15(23)9-22-14(4-2)21-17-16(18(22)24)13(10-27-17)19(25)26/h5-8,10H,3-4,9H2,1-2H3,(H,20,23)(H,25,26). The molecule has 0 bridgehead atoms. The van der Waals surface area contributed by atoms with Gasteiger partial charge in [0.25, 0.3) is 5.56 Å². The molecular formula is C19H19N3O4S. The van der Waals surface area contributed by atoms with E-state index in [0.717, 1.165) is 23.3 Å². The molecule has 8 heteroatoms. The fraction of sp³-hybridized carbons (Fsp3) is 0.263. The molecule has 0 saturated heterocycles. The third-order valence-corrected chi connectivity index (χ3v) is 5.14. The van der Waals surface area contributed by atoms with E-state index in [2.05, 4.69) is 10.3 Å². The van der Waals surface area contributed by atoms with Crippen LogP contribution in [0.25, 0.3) is 10.2 Å². The quantitative estimate of drug-likeness (QED) is 0.679. The van der Waals surface area contributed by atoms with Gasteiger partial charge in [-0.3, -0.25) is 14.2 Å². The summed E-state index contributed by atoms with van der Waals surface area (Å²) in [6.45, 7) is 3.65. The van der Waals surface area contributed by atoms with Crippen LogP contribution in [0.15, 0.2) is 34.4 Å². The first-order chi connectivity index (χ1) is 12.9. The number of amides is 1. The Labute approximate surface area is 159 Å². The number of carboxylic acid groups (broad SMARTS) is 1. The molecule has 0 atom stereocenters. The summed E-state index contributed by atoms with van der Waals surface area (Å²) in [7, 11) is 0.